The lowest BCUT2D eigenvalue weighted by atomic mass is 9.87. The molecule has 0 bridgehead atoms. The van der Waals surface area contributed by atoms with E-state index in [9.17, 15) is 8.78 Å². The van der Waals surface area contributed by atoms with Crippen LogP contribution in [0.25, 0.3) is 11.1 Å². The SMILES string of the molecule is C/C=C/C1CCC(c2ccc(-c3ccc(C4CCC(/C=C/C)OC4)c(F)c3F)c(F)c2F)CO1. The molecule has 2 heterocycles. The van der Waals surface area contributed by atoms with E-state index in [0.29, 0.717) is 25.7 Å². The zero-order valence-electron chi connectivity index (χ0n) is 19.5. The Kier molecular flexibility index (Phi) is 7.89. The Morgan fingerprint density at radius 3 is 1.35 bits per heavy atom. The summed E-state index contributed by atoms with van der Waals surface area (Å²) in [5, 5.41) is 0. The Bertz CT molecular complexity index is 977. The summed E-state index contributed by atoms with van der Waals surface area (Å²) in [5.74, 6) is -4.98. The summed E-state index contributed by atoms with van der Waals surface area (Å²) in [6.07, 6.45) is 10.4. The summed E-state index contributed by atoms with van der Waals surface area (Å²) in [6, 6.07) is 5.57. The van der Waals surface area contributed by atoms with E-state index in [1.54, 1.807) is 0 Å². The van der Waals surface area contributed by atoms with Gasteiger partial charge in [-0.3, -0.25) is 0 Å². The molecular formula is C28H30F4O2. The first-order valence-corrected chi connectivity index (χ1v) is 11.9. The fraction of sp³-hybridized carbons (Fsp3) is 0.429. The molecular weight excluding hydrogens is 444 g/mol. The lowest BCUT2D eigenvalue weighted by Crippen LogP contribution is -2.24. The fourth-order valence-corrected chi connectivity index (χ4v) is 4.94. The maximum Gasteiger partial charge on any atom is 0.167 e. The molecule has 6 heteroatoms. The average Bonchev–Trinajstić information content (AvgIpc) is 2.85. The minimum atomic E-state index is -1.17. The van der Waals surface area contributed by atoms with E-state index < -0.39 is 23.3 Å². The normalized spacial score (nSPS) is 25.9. The summed E-state index contributed by atoms with van der Waals surface area (Å²) in [5.41, 5.74) is -0.179. The van der Waals surface area contributed by atoms with Crippen LogP contribution in [-0.2, 0) is 9.47 Å². The van der Waals surface area contributed by atoms with E-state index in [2.05, 4.69) is 0 Å². The van der Waals surface area contributed by atoms with Gasteiger partial charge in [0, 0.05) is 23.0 Å². The quantitative estimate of drug-likeness (QED) is 0.328. The fourth-order valence-electron chi connectivity index (χ4n) is 4.94. The van der Waals surface area contributed by atoms with Crippen LogP contribution in [0.2, 0.25) is 0 Å². The van der Waals surface area contributed by atoms with Gasteiger partial charge in [-0.05, 0) is 50.7 Å². The van der Waals surface area contributed by atoms with E-state index in [1.807, 2.05) is 38.2 Å². The molecule has 2 fully saturated rings. The van der Waals surface area contributed by atoms with Crippen molar-refractivity contribution in [1.82, 2.24) is 0 Å². The molecule has 0 radical (unpaired) electrons. The van der Waals surface area contributed by atoms with Gasteiger partial charge >= 0.3 is 0 Å². The zero-order chi connectivity index (χ0) is 24.2. The molecule has 2 aromatic rings. The number of hydrogen-bond acceptors (Lipinski definition) is 2. The van der Waals surface area contributed by atoms with Gasteiger partial charge in [-0.2, -0.15) is 0 Å². The third-order valence-electron chi connectivity index (χ3n) is 6.83. The van der Waals surface area contributed by atoms with Crippen LogP contribution >= 0.6 is 0 Å². The number of ether oxygens (including phenoxy) is 2. The molecule has 2 saturated heterocycles. The Morgan fingerprint density at radius 1 is 0.618 bits per heavy atom. The Balaban J connectivity index is 1.55. The summed E-state index contributed by atoms with van der Waals surface area (Å²) in [7, 11) is 0. The summed E-state index contributed by atoms with van der Waals surface area (Å²) >= 11 is 0. The molecule has 4 atom stereocenters. The first kappa shape index (κ1) is 24.7. The van der Waals surface area contributed by atoms with Gasteiger partial charge in [-0.1, -0.05) is 48.6 Å². The molecule has 4 unspecified atom stereocenters. The molecule has 0 aliphatic carbocycles. The second-order valence-electron chi connectivity index (χ2n) is 9.00. The van der Waals surface area contributed by atoms with E-state index in [4.69, 9.17) is 9.47 Å². The molecule has 2 aliphatic rings. The minimum absolute atomic E-state index is 0.0208. The van der Waals surface area contributed by atoms with Gasteiger partial charge in [0.2, 0.25) is 0 Å². The molecule has 2 aliphatic heterocycles. The van der Waals surface area contributed by atoms with Crippen LogP contribution in [0.3, 0.4) is 0 Å². The van der Waals surface area contributed by atoms with Crippen LogP contribution in [0, 0.1) is 23.3 Å². The first-order chi connectivity index (χ1) is 16.4. The van der Waals surface area contributed by atoms with Gasteiger partial charge in [0.1, 0.15) is 0 Å². The van der Waals surface area contributed by atoms with Gasteiger partial charge < -0.3 is 9.47 Å². The van der Waals surface area contributed by atoms with Gasteiger partial charge in [0.15, 0.2) is 23.3 Å². The predicted molar refractivity (Wildman–Crippen MR) is 125 cm³/mol. The zero-order valence-corrected chi connectivity index (χ0v) is 19.5. The van der Waals surface area contributed by atoms with Gasteiger partial charge in [0.25, 0.3) is 0 Å². The Labute approximate surface area is 198 Å². The van der Waals surface area contributed by atoms with E-state index in [0.717, 1.165) is 0 Å². The number of hydrogen-bond donors (Lipinski definition) is 0. The van der Waals surface area contributed by atoms with Crippen molar-refractivity contribution in [2.45, 2.75) is 63.6 Å². The Hall–Kier alpha value is -2.44. The van der Waals surface area contributed by atoms with Crippen molar-refractivity contribution in [3.63, 3.8) is 0 Å². The second kappa shape index (κ2) is 10.9. The molecule has 4 rings (SSSR count). The van der Waals surface area contributed by atoms with Gasteiger partial charge in [-0.25, -0.2) is 17.6 Å². The van der Waals surface area contributed by atoms with Crippen molar-refractivity contribution in [2.75, 3.05) is 13.2 Å². The number of rotatable bonds is 5. The monoisotopic (exact) mass is 474 g/mol. The van der Waals surface area contributed by atoms with Crippen molar-refractivity contribution in [3.8, 4) is 11.1 Å². The van der Waals surface area contributed by atoms with Crippen LogP contribution in [0.4, 0.5) is 17.6 Å². The van der Waals surface area contributed by atoms with Crippen molar-refractivity contribution < 1.29 is 27.0 Å². The predicted octanol–water partition coefficient (Wildman–Crippen LogP) is 7.59. The Morgan fingerprint density at radius 2 is 1.03 bits per heavy atom. The summed E-state index contributed by atoms with van der Waals surface area (Å²) < 4.78 is 71.5. The molecule has 2 nitrogen and oxygen atoms in total. The highest BCUT2D eigenvalue weighted by atomic mass is 19.2. The second-order valence-corrected chi connectivity index (χ2v) is 9.00. The molecule has 0 amide bonds. The summed E-state index contributed by atoms with van der Waals surface area (Å²) in [4.78, 5) is 0. The van der Waals surface area contributed by atoms with E-state index in [-0.39, 0.29) is 59.5 Å². The van der Waals surface area contributed by atoms with Crippen molar-refractivity contribution in [2.24, 2.45) is 0 Å². The van der Waals surface area contributed by atoms with Crippen LogP contribution in [0.1, 0.15) is 62.5 Å². The lowest BCUT2D eigenvalue weighted by Gasteiger charge is -2.28. The highest BCUT2D eigenvalue weighted by molar-refractivity contribution is 5.66. The summed E-state index contributed by atoms with van der Waals surface area (Å²) in [6.45, 7) is 4.36. The highest BCUT2D eigenvalue weighted by Crippen LogP contribution is 2.38. The molecule has 0 spiro atoms. The van der Waals surface area contributed by atoms with E-state index in [1.165, 1.54) is 24.3 Å². The number of benzene rings is 2. The lowest BCUT2D eigenvalue weighted by molar-refractivity contribution is 0.0316. The third kappa shape index (κ3) is 4.98. The van der Waals surface area contributed by atoms with E-state index >= 15 is 8.78 Å². The number of halogens is 4. The topological polar surface area (TPSA) is 18.5 Å². The van der Waals surface area contributed by atoms with Gasteiger partial charge in [-0.15, -0.1) is 0 Å². The van der Waals surface area contributed by atoms with Crippen LogP contribution in [0.15, 0.2) is 48.6 Å². The van der Waals surface area contributed by atoms with Gasteiger partial charge in [0.05, 0.1) is 25.4 Å². The molecule has 0 saturated carbocycles. The minimum Gasteiger partial charge on any atom is -0.374 e. The largest absolute Gasteiger partial charge is 0.374 e. The maximum atomic E-state index is 15.0. The van der Waals surface area contributed by atoms with Crippen LogP contribution in [-0.4, -0.2) is 25.4 Å². The molecule has 2 aromatic carbocycles. The standard InChI is InChI=1S/C28H30F4O2/c1-3-5-19-9-7-17(15-33-19)21-11-13-23(27(31)25(21)29)24-14-12-22(26(30)28(24)32)18-8-10-20(6-4-2)34-16-18/h3-6,11-14,17-20H,7-10,15-16H2,1-2H3/b5-3+,6-4+. The average molecular weight is 475 g/mol. The maximum absolute atomic E-state index is 15.0. The van der Waals surface area contributed by atoms with Crippen molar-refractivity contribution in [3.05, 3.63) is 83.0 Å². The van der Waals surface area contributed by atoms with Crippen LogP contribution < -0.4 is 0 Å². The first-order valence-electron chi connectivity index (χ1n) is 11.9. The van der Waals surface area contributed by atoms with Crippen molar-refractivity contribution >= 4 is 0 Å². The molecule has 34 heavy (non-hydrogen) atoms. The third-order valence-corrected chi connectivity index (χ3v) is 6.83. The molecule has 0 aromatic heterocycles. The smallest absolute Gasteiger partial charge is 0.167 e. The highest BCUT2D eigenvalue weighted by Gasteiger charge is 2.29. The molecule has 0 N–H and O–H groups in total. The molecule has 182 valence electrons. The van der Waals surface area contributed by atoms with Crippen LogP contribution in [0.5, 0.6) is 0 Å². The number of allylic oxidation sites excluding steroid dienone is 2. The van der Waals surface area contributed by atoms with Crippen molar-refractivity contribution in [1.29, 1.82) is 0 Å².